The summed E-state index contributed by atoms with van der Waals surface area (Å²) in [4.78, 5) is 0. The SMILES string of the molecule is COc1cc(C#N)ccc1NC[C@H](C)O. The van der Waals surface area contributed by atoms with E-state index in [0.717, 1.165) is 5.69 Å². The average Bonchev–Trinajstić information content (AvgIpc) is 2.25. The Morgan fingerprint density at radius 2 is 2.33 bits per heavy atom. The zero-order chi connectivity index (χ0) is 11.3. The molecule has 0 aliphatic carbocycles. The second-order valence-corrected chi connectivity index (χ2v) is 3.26. The minimum atomic E-state index is -0.426. The number of nitrogens with zero attached hydrogens (tertiary/aromatic N) is 1. The van der Waals surface area contributed by atoms with Crippen LogP contribution >= 0.6 is 0 Å². The molecule has 0 amide bonds. The van der Waals surface area contributed by atoms with Crippen molar-refractivity contribution in [2.24, 2.45) is 0 Å². The van der Waals surface area contributed by atoms with Gasteiger partial charge in [0.1, 0.15) is 5.75 Å². The van der Waals surface area contributed by atoms with Crippen LogP contribution in [0, 0.1) is 11.3 Å². The first kappa shape index (κ1) is 11.3. The Morgan fingerprint density at radius 3 is 2.87 bits per heavy atom. The summed E-state index contributed by atoms with van der Waals surface area (Å²) in [6.45, 7) is 2.14. The molecular formula is C11H14N2O2. The van der Waals surface area contributed by atoms with E-state index in [9.17, 15) is 0 Å². The Kier molecular flexibility index (Phi) is 3.95. The summed E-state index contributed by atoms with van der Waals surface area (Å²) in [6.07, 6.45) is -0.426. The molecule has 15 heavy (non-hydrogen) atoms. The Labute approximate surface area is 89.1 Å². The van der Waals surface area contributed by atoms with Gasteiger partial charge in [-0.05, 0) is 19.1 Å². The number of rotatable bonds is 4. The van der Waals surface area contributed by atoms with E-state index in [0.29, 0.717) is 17.9 Å². The van der Waals surface area contributed by atoms with E-state index in [2.05, 4.69) is 5.32 Å². The van der Waals surface area contributed by atoms with Crippen LogP contribution in [-0.4, -0.2) is 24.9 Å². The molecule has 0 fully saturated rings. The molecule has 4 heteroatoms. The Bertz CT molecular complexity index is 369. The molecule has 0 radical (unpaired) electrons. The van der Waals surface area contributed by atoms with Crippen LogP contribution in [0.2, 0.25) is 0 Å². The summed E-state index contributed by atoms with van der Waals surface area (Å²) in [5, 5.41) is 20.9. The van der Waals surface area contributed by atoms with Gasteiger partial charge in [-0.15, -0.1) is 0 Å². The van der Waals surface area contributed by atoms with Crippen LogP contribution in [0.1, 0.15) is 12.5 Å². The Hall–Kier alpha value is -1.73. The first-order valence-corrected chi connectivity index (χ1v) is 4.67. The van der Waals surface area contributed by atoms with Crippen LogP contribution in [0.25, 0.3) is 0 Å². The van der Waals surface area contributed by atoms with Gasteiger partial charge in [-0.3, -0.25) is 0 Å². The fourth-order valence-corrected chi connectivity index (χ4v) is 1.16. The normalized spacial score (nSPS) is 11.6. The van der Waals surface area contributed by atoms with Gasteiger partial charge in [-0.1, -0.05) is 0 Å². The summed E-state index contributed by atoms with van der Waals surface area (Å²) in [7, 11) is 1.55. The number of nitrogens with one attached hydrogen (secondary N) is 1. The van der Waals surface area contributed by atoms with Crippen molar-refractivity contribution in [1.82, 2.24) is 0 Å². The number of aliphatic hydroxyl groups is 1. The molecule has 1 rings (SSSR count). The Balaban J connectivity index is 2.84. The lowest BCUT2D eigenvalue weighted by Gasteiger charge is -2.12. The minimum Gasteiger partial charge on any atom is -0.495 e. The highest BCUT2D eigenvalue weighted by atomic mass is 16.5. The molecule has 0 heterocycles. The summed E-state index contributed by atoms with van der Waals surface area (Å²) in [5.74, 6) is 0.606. The summed E-state index contributed by atoms with van der Waals surface area (Å²) in [5.41, 5.74) is 1.33. The molecule has 0 aromatic heterocycles. The van der Waals surface area contributed by atoms with Crippen molar-refractivity contribution in [1.29, 1.82) is 5.26 Å². The highest BCUT2D eigenvalue weighted by molar-refractivity contribution is 5.59. The van der Waals surface area contributed by atoms with E-state index in [4.69, 9.17) is 15.1 Å². The van der Waals surface area contributed by atoms with Crippen molar-refractivity contribution >= 4 is 5.69 Å². The molecule has 0 spiro atoms. The lowest BCUT2D eigenvalue weighted by Crippen LogP contribution is -2.15. The Morgan fingerprint density at radius 1 is 1.60 bits per heavy atom. The van der Waals surface area contributed by atoms with Crippen LogP contribution in [0.15, 0.2) is 18.2 Å². The second-order valence-electron chi connectivity index (χ2n) is 3.26. The maximum Gasteiger partial charge on any atom is 0.143 e. The molecule has 4 nitrogen and oxygen atoms in total. The van der Waals surface area contributed by atoms with Crippen LogP contribution in [0.5, 0.6) is 5.75 Å². The van der Waals surface area contributed by atoms with Crippen molar-refractivity contribution in [3.8, 4) is 11.8 Å². The quantitative estimate of drug-likeness (QED) is 0.780. The molecule has 1 atom stereocenters. The van der Waals surface area contributed by atoms with E-state index in [1.54, 1.807) is 32.2 Å². The molecule has 0 aliphatic heterocycles. The van der Waals surface area contributed by atoms with Crippen molar-refractivity contribution < 1.29 is 9.84 Å². The average molecular weight is 206 g/mol. The number of ether oxygens (including phenoxy) is 1. The molecule has 0 saturated heterocycles. The van der Waals surface area contributed by atoms with Gasteiger partial charge in [0.2, 0.25) is 0 Å². The van der Waals surface area contributed by atoms with Gasteiger partial charge in [-0.2, -0.15) is 5.26 Å². The number of hydrogen-bond donors (Lipinski definition) is 2. The molecule has 80 valence electrons. The number of nitriles is 1. The van der Waals surface area contributed by atoms with Crippen LogP contribution in [-0.2, 0) is 0 Å². The van der Waals surface area contributed by atoms with Crippen molar-refractivity contribution in [2.45, 2.75) is 13.0 Å². The lowest BCUT2D eigenvalue weighted by atomic mass is 10.2. The van der Waals surface area contributed by atoms with Crippen LogP contribution < -0.4 is 10.1 Å². The third-order valence-electron chi connectivity index (χ3n) is 1.92. The zero-order valence-corrected chi connectivity index (χ0v) is 8.82. The van der Waals surface area contributed by atoms with E-state index in [1.165, 1.54) is 0 Å². The number of methoxy groups -OCH3 is 1. The van der Waals surface area contributed by atoms with Crippen LogP contribution in [0.4, 0.5) is 5.69 Å². The number of anilines is 1. The monoisotopic (exact) mass is 206 g/mol. The van der Waals surface area contributed by atoms with Gasteiger partial charge in [0.25, 0.3) is 0 Å². The lowest BCUT2D eigenvalue weighted by molar-refractivity contribution is 0.208. The third-order valence-corrected chi connectivity index (χ3v) is 1.92. The maximum atomic E-state index is 9.12. The van der Waals surface area contributed by atoms with Gasteiger partial charge >= 0.3 is 0 Å². The van der Waals surface area contributed by atoms with E-state index >= 15 is 0 Å². The summed E-state index contributed by atoms with van der Waals surface area (Å²) < 4.78 is 5.12. The smallest absolute Gasteiger partial charge is 0.143 e. The van der Waals surface area contributed by atoms with Gasteiger partial charge in [0, 0.05) is 12.6 Å². The number of aliphatic hydroxyl groups excluding tert-OH is 1. The first-order valence-electron chi connectivity index (χ1n) is 4.67. The standard InChI is InChI=1S/C11H14N2O2/c1-8(14)7-13-10-4-3-9(6-12)5-11(10)15-2/h3-5,8,13-14H,7H2,1-2H3/t8-/m0/s1. The fourth-order valence-electron chi connectivity index (χ4n) is 1.16. The largest absolute Gasteiger partial charge is 0.495 e. The highest BCUT2D eigenvalue weighted by Crippen LogP contribution is 2.25. The number of benzene rings is 1. The predicted octanol–water partition coefficient (Wildman–Crippen LogP) is 1.36. The van der Waals surface area contributed by atoms with Gasteiger partial charge < -0.3 is 15.2 Å². The van der Waals surface area contributed by atoms with Gasteiger partial charge in [0.15, 0.2) is 0 Å². The van der Waals surface area contributed by atoms with Crippen molar-refractivity contribution in [2.75, 3.05) is 19.0 Å². The number of hydrogen-bond acceptors (Lipinski definition) is 4. The highest BCUT2D eigenvalue weighted by Gasteiger charge is 2.04. The fraction of sp³-hybridized carbons (Fsp3) is 0.364. The maximum absolute atomic E-state index is 9.12. The molecule has 0 aliphatic rings. The molecule has 0 bridgehead atoms. The first-order chi connectivity index (χ1) is 7.17. The van der Waals surface area contributed by atoms with Crippen molar-refractivity contribution in [3.63, 3.8) is 0 Å². The van der Waals surface area contributed by atoms with Gasteiger partial charge in [0.05, 0.1) is 30.5 Å². The zero-order valence-electron chi connectivity index (χ0n) is 8.82. The second kappa shape index (κ2) is 5.23. The third kappa shape index (κ3) is 3.15. The van der Waals surface area contributed by atoms with E-state index < -0.39 is 6.10 Å². The van der Waals surface area contributed by atoms with E-state index in [-0.39, 0.29) is 0 Å². The minimum absolute atomic E-state index is 0.426. The molecule has 1 aromatic carbocycles. The molecular weight excluding hydrogens is 192 g/mol. The molecule has 0 unspecified atom stereocenters. The summed E-state index contributed by atoms with van der Waals surface area (Å²) in [6, 6.07) is 7.16. The van der Waals surface area contributed by atoms with Gasteiger partial charge in [-0.25, -0.2) is 0 Å². The van der Waals surface area contributed by atoms with E-state index in [1.807, 2.05) is 6.07 Å². The predicted molar refractivity (Wildman–Crippen MR) is 57.9 cm³/mol. The summed E-state index contributed by atoms with van der Waals surface area (Å²) >= 11 is 0. The molecule has 0 saturated carbocycles. The van der Waals surface area contributed by atoms with Crippen LogP contribution in [0.3, 0.4) is 0 Å². The molecule has 1 aromatic rings. The van der Waals surface area contributed by atoms with Crippen molar-refractivity contribution in [3.05, 3.63) is 23.8 Å². The topological polar surface area (TPSA) is 65.3 Å². The molecule has 2 N–H and O–H groups in total.